The minimum atomic E-state index is -4.39. The Hall–Kier alpha value is -2.30. The molecule has 3 rings (SSSR count). The minimum Gasteiger partial charge on any atom is -0.353 e. The summed E-state index contributed by atoms with van der Waals surface area (Å²) in [5.41, 5.74) is -0.770. The van der Waals surface area contributed by atoms with Gasteiger partial charge in [-0.3, -0.25) is 4.79 Å². The Morgan fingerprint density at radius 1 is 1.26 bits per heavy atom. The lowest BCUT2D eigenvalue weighted by atomic mass is 10.2. The number of amides is 1. The van der Waals surface area contributed by atoms with E-state index in [0.29, 0.717) is 55.2 Å². The van der Waals surface area contributed by atoms with Crippen molar-refractivity contribution in [2.24, 2.45) is 0 Å². The monoisotopic (exact) mass is 401 g/mol. The number of carbonyl (C=O) groups excluding carboxylic acids is 1. The van der Waals surface area contributed by atoms with Gasteiger partial charge in [-0.15, -0.1) is 11.8 Å². The van der Waals surface area contributed by atoms with Crippen LogP contribution in [0.25, 0.3) is 0 Å². The van der Waals surface area contributed by atoms with Crippen LogP contribution < -0.4 is 4.90 Å². The average molecular weight is 401 g/mol. The molecule has 0 aromatic carbocycles. The van der Waals surface area contributed by atoms with Crippen LogP contribution in [-0.4, -0.2) is 57.9 Å². The highest BCUT2D eigenvalue weighted by atomic mass is 32.2. The molecule has 0 atom stereocenters. The Labute approximate surface area is 157 Å². The molecule has 1 fully saturated rings. The fourth-order valence-corrected chi connectivity index (χ4v) is 3.41. The predicted octanol–water partition coefficient (Wildman–Crippen LogP) is 2.37. The number of carbonyl (C=O) groups is 1. The van der Waals surface area contributed by atoms with Crippen molar-refractivity contribution in [3.63, 3.8) is 0 Å². The largest absolute Gasteiger partial charge is 0.417 e. The van der Waals surface area contributed by atoms with Crippen LogP contribution in [0.3, 0.4) is 0 Å². The molecule has 146 valence electrons. The molecular weight excluding hydrogens is 383 g/mol. The number of thioether (sulfide) groups is 1. The molecule has 0 saturated carbocycles. The molecule has 11 heteroatoms. The van der Waals surface area contributed by atoms with Crippen molar-refractivity contribution in [1.82, 2.24) is 20.0 Å². The quantitative estimate of drug-likeness (QED) is 0.761. The number of rotatable bonds is 5. The Morgan fingerprint density at radius 3 is 2.56 bits per heavy atom. The van der Waals surface area contributed by atoms with E-state index in [2.05, 4.69) is 15.1 Å². The van der Waals surface area contributed by atoms with Gasteiger partial charge in [0.25, 0.3) is 0 Å². The summed E-state index contributed by atoms with van der Waals surface area (Å²) < 4.78 is 42.7. The van der Waals surface area contributed by atoms with Gasteiger partial charge in [-0.1, -0.05) is 5.16 Å². The van der Waals surface area contributed by atoms with Crippen LogP contribution >= 0.6 is 11.8 Å². The van der Waals surface area contributed by atoms with E-state index >= 15 is 0 Å². The molecule has 0 radical (unpaired) electrons. The second kappa shape index (κ2) is 8.15. The molecular formula is C16H18F3N5O2S. The van der Waals surface area contributed by atoms with Crippen LogP contribution in [0.4, 0.5) is 19.0 Å². The van der Waals surface area contributed by atoms with Gasteiger partial charge in [0.05, 0.1) is 17.1 Å². The molecule has 2 aromatic rings. The zero-order valence-corrected chi connectivity index (χ0v) is 15.4. The van der Waals surface area contributed by atoms with E-state index in [1.54, 1.807) is 11.8 Å². The SMILES string of the molecule is Cc1nc(CSCC(=O)N2CCN(c3ccc(C(F)(F)F)cn3)CC2)no1. The van der Waals surface area contributed by atoms with E-state index in [1.807, 2.05) is 4.90 Å². The Bertz CT molecular complexity index is 773. The van der Waals surface area contributed by atoms with Gasteiger partial charge in [0.1, 0.15) is 5.82 Å². The smallest absolute Gasteiger partial charge is 0.353 e. The number of halogens is 3. The fourth-order valence-electron chi connectivity index (χ4n) is 2.65. The molecule has 1 aliphatic heterocycles. The maximum Gasteiger partial charge on any atom is 0.417 e. The predicted molar refractivity (Wildman–Crippen MR) is 93.2 cm³/mol. The summed E-state index contributed by atoms with van der Waals surface area (Å²) in [6, 6.07) is 2.39. The molecule has 1 aliphatic rings. The number of alkyl halides is 3. The normalized spacial score (nSPS) is 15.3. The maximum absolute atomic E-state index is 12.6. The topological polar surface area (TPSA) is 75.4 Å². The second-order valence-corrected chi connectivity index (χ2v) is 6.98. The van der Waals surface area contributed by atoms with E-state index in [-0.39, 0.29) is 5.91 Å². The Morgan fingerprint density at radius 2 is 2.00 bits per heavy atom. The van der Waals surface area contributed by atoms with E-state index in [1.165, 1.54) is 17.8 Å². The van der Waals surface area contributed by atoms with Crippen molar-refractivity contribution in [2.45, 2.75) is 18.9 Å². The lowest BCUT2D eigenvalue weighted by Crippen LogP contribution is -2.49. The van der Waals surface area contributed by atoms with Crippen molar-refractivity contribution in [3.05, 3.63) is 35.6 Å². The van der Waals surface area contributed by atoms with Gasteiger partial charge in [-0.25, -0.2) is 4.98 Å². The highest BCUT2D eigenvalue weighted by molar-refractivity contribution is 7.99. The first-order chi connectivity index (χ1) is 12.8. The molecule has 1 amide bonds. The molecule has 0 N–H and O–H groups in total. The number of piperazine rings is 1. The summed E-state index contributed by atoms with van der Waals surface area (Å²) in [5.74, 6) is 2.36. The number of hydrogen-bond donors (Lipinski definition) is 0. The lowest BCUT2D eigenvalue weighted by molar-refractivity contribution is -0.137. The summed E-state index contributed by atoms with van der Waals surface area (Å²) in [6.07, 6.45) is -3.56. The molecule has 27 heavy (non-hydrogen) atoms. The first kappa shape index (κ1) is 19.5. The molecule has 1 saturated heterocycles. The van der Waals surface area contributed by atoms with Gasteiger partial charge in [-0.2, -0.15) is 18.2 Å². The molecule has 0 spiro atoms. The van der Waals surface area contributed by atoms with Crippen molar-refractivity contribution < 1.29 is 22.5 Å². The van der Waals surface area contributed by atoms with Crippen LogP contribution in [0.5, 0.6) is 0 Å². The summed E-state index contributed by atoms with van der Waals surface area (Å²) in [4.78, 5) is 23.9. The lowest BCUT2D eigenvalue weighted by Gasteiger charge is -2.35. The summed E-state index contributed by atoms with van der Waals surface area (Å²) in [6.45, 7) is 3.77. The molecule has 2 aromatic heterocycles. The third-order valence-electron chi connectivity index (χ3n) is 4.06. The highest BCUT2D eigenvalue weighted by Gasteiger charge is 2.31. The van der Waals surface area contributed by atoms with Crippen molar-refractivity contribution >= 4 is 23.5 Å². The van der Waals surface area contributed by atoms with E-state index in [9.17, 15) is 18.0 Å². The van der Waals surface area contributed by atoms with Gasteiger partial charge in [0, 0.05) is 39.3 Å². The standard InChI is InChI=1S/C16H18F3N5O2S/c1-11-21-13(22-26-11)9-27-10-15(25)24-6-4-23(5-7-24)14-3-2-12(8-20-14)16(17,18)19/h2-3,8H,4-7,9-10H2,1H3. The summed E-state index contributed by atoms with van der Waals surface area (Å²) in [7, 11) is 0. The number of hydrogen-bond acceptors (Lipinski definition) is 7. The average Bonchev–Trinajstić information content (AvgIpc) is 3.06. The van der Waals surface area contributed by atoms with Gasteiger partial charge < -0.3 is 14.3 Å². The third kappa shape index (κ3) is 5.12. The number of nitrogens with zero attached hydrogens (tertiary/aromatic N) is 5. The van der Waals surface area contributed by atoms with Crippen molar-refractivity contribution in [2.75, 3.05) is 36.8 Å². The van der Waals surface area contributed by atoms with E-state index in [0.717, 1.165) is 12.3 Å². The minimum absolute atomic E-state index is 0.0141. The number of anilines is 1. The van der Waals surface area contributed by atoms with Gasteiger partial charge in [0.2, 0.25) is 11.8 Å². The van der Waals surface area contributed by atoms with Crippen molar-refractivity contribution in [3.8, 4) is 0 Å². The van der Waals surface area contributed by atoms with Crippen LogP contribution in [0.15, 0.2) is 22.9 Å². The fraction of sp³-hybridized carbons (Fsp3) is 0.500. The number of aromatic nitrogens is 3. The second-order valence-electron chi connectivity index (χ2n) is 5.99. The number of pyridine rings is 1. The Kier molecular flexibility index (Phi) is 5.88. The van der Waals surface area contributed by atoms with Crippen LogP contribution in [-0.2, 0) is 16.7 Å². The molecule has 0 unspecified atom stereocenters. The molecule has 7 nitrogen and oxygen atoms in total. The molecule has 0 bridgehead atoms. The molecule has 3 heterocycles. The van der Waals surface area contributed by atoms with Gasteiger partial charge in [-0.05, 0) is 12.1 Å². The van der Waals surface area contributed by atoms with Crippen LogP contribution in [0.2, 0.25) is 0 Å². The highest BCUT2D eigenvalue weighted by Crippen LogP contribution is 2.29. The third-order valence-corrected chi connectivity index (χ3v) is 4.97. The van der Waals surface area contributed by atoms with E-state index < -0.39 is 11.7 Å². The number of aryl methyl sites for hydroxylation is 1. The summed E-state index contributed by atoms with van der Waals surface area (Å²) in [5, 5.41) is 3.77. The first-order valence-corrected chi connectivity index (χ1v) is 9.41. The maximum atomic E-state index is 12.6. The van der Waals surface area contributed by atoms with Crippen molar-refractivity contribution in [1.29, 1.82) is 0 Å². The Balaban J connectivity index is 1.44. The van der Waals surface area contributed by atoms with E-state index in [4.69, 9.17) is 4.52 Å². The zero-order chi connectivity index (χ0) is 19.4. The first-order valence-electron chi connectivity index (χ1n) is 8.26. The van der Waals surface area contributed by atoms with Crippen LogP contribution in [0, 0.1) is 6.92 Å². The molecule has 0 aliphatic carbocycles. The van der Waals surface area contributed by atoms with Gasteiger partial charge in [0.15, 0.2) is 5.82 Å². The van der Waals surface area contributed by atoms with Crippen LogP contribution in [0.1, 0.15) is 17.3 Å². The summed E-state index contributed by atoms with van der Waals surface area (Å²) >= 11 is 1.41. The zero-order valence-electron chi connectivity index (χ0n) is 14.6. The van der Waals surface area contributed by atoms with Gasteiger partial charge >= 0.3 is 6.18 Å².